The third-order valence-corrected chi connectivity index (χ3v) is 5.47. The zero-order valence-electron chi connectivity index (χ0n) is 14.6. The van der Waals surface area contributed by atoms with Crippen LogP contribution in [0.1, 0.15) is 51.9 Å². The molecule has 0 spiro atoms. The van der Waals surface area contributed by atoms with Gasteiger partial charge < -0.3 is 14.5 Å². The fourth-order valence-corrected chi connectivity index (χ4v) is 3.89. The van der Waals surface area contributed by atoms with E-state index in [1.54, 1.807) is 7.11 Å². The summed E-state index contributed by atoms with van der Waals surface area (Å²) in [6, 6.07) is 0. The lowest BCUT2D eigenvalue weighted by atomic mass is 9.86. The van der Waals surface area contributed by atoms with Gasteiger partial charge in [-0.25, -0.2) is 0 Å². The highest BCUT2D eigenvalue weighted by Gasteiger charge is 2.26. The summed E-state index contributed by atoms with van der Waals surface area (Å²) in [7, 11) is 1.78. The number of likely N-dealkylation sites (tertiary alicyclic amines) is 2. The molecule has 0 radical (unpaired) electrons. The van der Waals surface area contributed by atoms with Crippen LogP contribution in [0.2, 0.25) is 0 Å². The molecule has 0 aliphatic carbocycles. The van der Waals surface area contributed by atoms with Gasteiger partial charge in [-0.05, 0) is 50.6 Å². The van der Waals surface area contributed by atoms with Gasteiger partial charge in [0.05, 0.1) is 0 Å². The van der Waals surface area contributed by atoms with Crippen LogP contribution in [0.25, 0.3) is 0 Å². The molecular formula is C18H34N2O2. The summed E-state index contributed by atoms with van der Waals surface area (Å²) in [6.07, 6.45) is 8.31. The molecule has 2 aliphatic heterocycles. The predicted molar refractivity (Wildman–Crippen MR) is 89.9 cm³/mol. The summed E-state index contributed by atoms with van der Waals surface area (Å²) in [5, 5.41) is 0. The van der Waals surface area contributed by atoms with Crippen molar-refractivity contribution in [2.45, 2.75) is 51.9 Å². The maximum Gasteiger partial charge on any atom is 0.223 e. The third kappa shape index (κ3) is 5.54. The number of piperidine rings is 1. The van der Waals surface area contributed by atoms with Gasteiger partial charge in [0.15, 0.2) is 0 Å². The van der Waals surface area contributed by atoms with Gasteiger partial charge in [-0.15, -0.1) is 0 Å². The summed E-state index contributed by atoms with van der Waals surface area (Å²) in [4.78, 5) is 17.0. The normalized spacial score (nSPS) is 23.3. The van der Waals surface area contributed by atoms with Gasteiger partial charge >= 0.3 is 0 Å². The van der Waals surface area contributed by atoms with Crippen LogP contribution in [0.15, 0.2) is 0 Å². The van der Waals surface area contributed by atoms with Crippen LogP contribution in [0.5, 0.6) is 0 Å². The van der Waals surface area contributed by atoms with Crippen molar-refractivity contribution in [2.24, 2.45) is 11.8 Å². The first-order valence-electron chi connectivity index (χ1n) is 9.19. The Balaban J connectivity index is 1.66. The van der Waals surface area contributed by atoms with E-state index in [1.807, 2.05) is 0 Å². The number of hydrogen-bond donors (Lipinski definition) is 0. The van der Waals surface area contributed by atoms with E-state index in [0.29, 0.717) is 18.2 Å². The van der Waals surface area contributed by atoms with E-state index in [9.17, 15) is 4.79 Å². The van der Waals surface area contributed by atoms with Gasteiger partial charge in [-0.2, -0.15) is 0 Å². The molecule has 0 N–H and O–H groups in total. The molecule has 0 unspecified atom stereocenters. The summed E-state index contributed by atoms with van der Waals surface area (Å²) in [5.41, 5.74) is 0. The Morgan fingerprint density at radius 2 is 1.73 bits per heavy atom. The number of nitrogens with zero attached hydrogens (tertiary/aromatic N) is 2. The fraction of sp³-hybridized carbons (Fsp3) is 0.944. The van der Waals surface area contributed by atoms with Crippen LogP contribution in [-0.2, 0) is 9.53 Å². The first kappa shape index (κ1) is 17.7. The minimum absolute atomic E-state index is 0.363. The molecule has 1 atom stereocenters. The number of carbonyl (C=O) groups is 1. The van der Waals surface area contributed by atoms with E-state index in [1.165, 1.54) is 38.8 Å². The van der Waals surface area contributed by atoms with Crippen molar-refractivity contribution in [1.29, 1.82) is 0 Å². The number of hydrogen-bond acceptors (Lipinski definition) is 3. The molecule has 2 rings (SSSR count). The van der Waals surface area contributed by atoms with Crippen molar-refractivity contribution in [2.75, 3.05) is 46.4 Å². The average molecular weight is 310 g/mol. The Bertz CT molecular complexity index is 319. The topological polar surface area (TPSA) is 32.8 Å². The predicted octanol–water partition coefficient (Wildman–Crippen LogP) is 2.77. The van der Waals surface area contributed by atoms with E-state index in [-0.39, 0.29) is 0 Å². The van der Waals surface area contributed by atoms with Gasteiger partial charge in [0.2, 0.25) is 5.91 Å². The Labute approximate surface area is 136 Å². The lowest BCUT2D eigenvalue weighted by Gasteiger charge is -2.35. The van der Waals surface area contributed by atoms with Crippen molar-refractivity contribution in [3.05, 3.63) is 0 Å². The molecule has 1 amide bonds. The summed E-state index contributed by atoms with van der Waals surface area (Å²) >= 11 is 0. The van der Waals surface area contributed by atoms with E-state index >= 15 is 0 Å². The first-order valence-corrected chi connectivity index (χ1v) is 9.19. The van der Waals surface area contributed by atoms with Gasteiger partial charge in [0.25, 0.3) is 0 Å². The molecule has 0 saturated carbocycles. The van der Waals surface area contributed by atoms with Gasteiger partial charge in [-0.3, -0.25) is 4.79 Å². The van der Waals surface area contributed by atoms with Crippen LogP contribution in [0, 0.1) is 11.8 Å². The fourth-order valence-electron chi connectivity index (χ4n) is 3.89. The maximum atomic E-state index is 12.4. The number of rotatable bonds is 6. The molecule has 0 aromatic carbocycles. The Morgan fingerprint density at radius 1 is 1.09 bits per heavy atom. The second kappa shape index (κ2) is 9.51. The van der Waals surface area contributed by atoms with Gasteiger partial charge in [0.1, 0.15) is 0 Å². The lowest BCUT2D eigenvalue weighted by Crippen LogP contribution is -2.41. The van der Waals surface area contributed by atoms with Crippen LogP contribution in [-0.4, -0.2) is 62.1 Å². The van der Waals surface area contributed by atoms with Crippen molar-refractivity contribution in [1.82, 2.24) is 9.80 Å². The monoisotopic (exact) mass is 310 g/mol. The van der Waals surface area contributed by atoms with Crippen molar-refractivity contribution >= 4 is 5.91 Å². The van der Waals surface area contributed by atoms with E-state index in [4.69, 9.17) is 4.74 Å². The highest BCUT2D eigenvalue weighted by molar-refractivity contribution is 5.76. The first-order chi connectivity index (χ1) is 10.7. The number of ether oxygens (including phenoxy) is 1. The molecule has 0 aromatic rings. The smallest absolute Gasteiger partial charge is 0.223 e. The molecule has 2 saturated heterocycles. The maximum absolute atomic E-state index is 12.4. The van der Waals surface area contributed by atoms with E-state index in [2.05, 4.69) is 16.7 Å². The Morgan fingerprint density at radius 3 is 2.32 bits per heavy atom. The lowest BCUT2D eigenvalue weighted by molar-refractivity contribution is -0.133. The average Bonchev–Trinajstić information content (AvgIpc) is 2.82. The molecule has 2 heterocycles. The Hall–Kier alpha value is -0.610. The summed E-state index contributed by atoms with van der Waals surface area (Å²) in [6.45, 7) is 8.32. The van der Waals surface area contributed by atoms with Crippen molar-refractivity contribution in [3.63, 3.8) is 0 Å². The molecule has 0 bridgehead atoms. The quantitative estimate of drug-likeness (QED) is 0.756. The second-order valence-corrected chi connectivity index (χ2v) is 7.16. The SMILES string of the molecule is COC[C@H](C)C1CCN(C(=O)CCN2CCCCCC2)CC1. The van der Waals surface area contributed by atoms with Gasteiger partial charge in [-0.1, -0.05) is 19.8 Å². The van der Waals surface area contributed by atoms with Crippen molar-refractivity contribution in [3.8, 4) is 0 Å². The van der Waals surface area contributed by atoms with Crippen molar-refractivity contribution < 1.29 is 9.53 Å². The number of carbonyl (C=O) groups excluding carboxylic acids is 1. The minimum Gasteiger partial charge on any atom is -0.384 e. The molecule has 0 aromatic heterocycles. The van der Waals surface area contributed by atoms with Crippen LogP contribution >= 0.6 is 0 Å². The standard InChI is InChI=1S/C18H34N2O2/c1-16(15-22-2)17-7-13-20(14-8-17)18(21)9-12-19-10-5-3-4-6-11-19/h16-17H,3-15H2,1-2H3/t16-/m0/s1. The minimum atomic E-state index is 0.363. The molecule has 4 heteroatoms. The van der Waals surface area contributed by atoms with Gasteiger partial charge in [0, 0.05) is 39.8 Å². The molecule has 22 heavy (non-hydrogen) atoms. The molecule has 2 fully saturated rings. The molecule has 4 nitrogen and oxygen atoms in total. The van der Waals surface area contributed by atoms with E-state index < -0.39 is 0 Å². The Kier molecular flexibility index (Phi) is 7.67. The molecule has 2 aliphatic rings. The highest BCUT2D eigenvalue weighted by atomic mass is 16.5. The largest absolute Gasteiger partial charge is 0.384 e. The number of methoxy groups -OCH3 is 1. The highest BCUT2D eigenvalue weighted by Crippen LogP contribution is 2.25. The summed E-state index contributed by atoms with van der Waals surface area (Å²) < 4.78 is 5.26. The summed E-state index contributed by atoms with van der Waals surface area (Å²) in [5.74, 6) is 1.69. The zero-order chi connectivity index (χ0) is 15.8. The van der Waals surface area contributed by atoms with Crippen LogP contribution in [0.3, 0.4) is 0 Å². The van der Waals surface area contributed by atoms with Crippen LogP contribution < -0.4 is 0 Å². The molecule has 128 valence electrons. The molecular weight excluding hydrogens is 276 g/mol. The van der Waals surface area contributed by atoms with Crippen LogP contribution in [0.4, 0.5) is 0 Å². The zero-order valence-corrected chi connectivity index (χ0v) is 14.6. The third-order valence-electron chi connectivity index (χ3n) is 5.47. The second-order valence-electron chi connectivity index (χ2n) is 7.16. The number of amides is 1. The van der Waals surface area contributed by atoms with E-state index in [0.717, 1.165) is 45.0 Å².